The van der Waals surface area contributed by atoms with Gasteiger partial charge in [0.25, 0.3) is 11.8 Å². The van der Waals surface area contributed by atoms with Crippen LogP contribution in [0.1, 0.15) is 142 Å². The first-order valence-corrected chi connectivity index (χ1v) is 29.1. The van der Waals surface area contributed by atoms with Crippen molar-refractivity contribution in [3.05, 3.63) is 176 Å². The molecular weight excluding hydrogens is 1150 g/mol. The third kappa shape index (κ3) is 14.6. The number of esters is 1. The maximum absolute atomic E-state index is 12.7. The van der Waals surface area contributed by atoms with Crippen LogP contribution < -0.4 is 10.6 Å². The fourth-order valence-electron chi connectivity index (χ4n) is 8.97. The smallest absolute Gasteiger partial charge is 0.341 e. The van der Waals surface area contributed by atoms with Crippen molar-refractivity contribution in [3.63, 3.8) is 0 Å². The highest BCUT2D eigenvalue weighted by molar-refractivity contribution is 6.32. The molecule has 0 saturated carbocycles. The molecule has 12 rings (SSSR count). The summed E-state index contributed by atoms with van der Waals surface area (Å²) < 4.78 is 9.85. The second kappa shape index (κ2) is 25.8. The summed E-state index contributed by atoms with van der Waals surface area (Å²) in [7, 11) is 1.35. The number of carbonyl (C=O) groups is 3. The normalized spacial score (nSPS) is 11.8. The summed E-state index contributed by atoms with van der Waals surface area (Å²) in [5.41, 5.74) is 8.07. The largest absolute Gasteiger partial charge is 0.465 e. The topological polar surface area (TPSA) is 261 Å². The Kier molecular flexibility index (Phi) is 18.5. The Morgan fingerprint density at radius 1 is 0.512 bits per heavy atom. The molecule has 0 radical (unpaired) electrons. The van der Waals surface area contributed by atoms with Crippen LogP contribution in [0.3, 0.4) is 0 Å². The number of nitrogens with one attached hydrogen (secondary N) is 5. The number of carbonyl (C=O) groups excluding carboxylic acids is 3. The van der Waals surface area contributed by atoms with Crippen molar-refractivity contribution >= 4 is 103 Å². The predicted molar refractivity (Wildman–Crippen MR) is 336 cm³/mol. The first-order valence-electron chi connectivity index (χ1n) is 28.0. The molecule has 0 fully saturated rings. The Balaban J connectivity index is 0.000000143. The maximum Gasteiger partial charge on any atom is 0.341 e. The summed E-state index contributed by atoms with van der Waals surface area (Å²) in [5, 5.41) is 25.1. The molecular formula is C62H68Cl3N17O4. The molecule has 446 valence electrons. The molecule has 86 heavy (non-hydrogen) atoms. The van der Waals surface area contributed by atoms with Gasteiger partial charge in [0.05, 0.1) is 51.3 Å². The summed E-state index contributed by atoms with van der Waals surface area (Å²) in [4.78, 5) is 69.2. The van der Waals surface area contributed by atoms with E-state index in [0.29, 0.717) is 81.3 Å². The predicted octanol–water partition coefficient (Wildman–Crippen LogP) is 12.0. The molecule has 0 aliphatic heterocycles. The summed E-state index contributed by atoms with van der Waals surface area (Å²) in [6.07, 6.45) is 8.71. The molecule has 0 atom stereocenters. The van der Waals surface area contributed by atoms with Gasteiger partial charge in [0, 0.05) is 82.3 Å². The molecule has 3 aromatic carbocycles. The number of nitrogens with zero attached hydrogens (tertiary/aromatic N) is 12. The van der Waals surface area contributed by atoms with Gasteiger partial charge in [0.1, 0.15) is 28.9 Å². The van der Waals surface area contributed by atoms with E-state index in [-0.39, 0.29) is 28.1 Å². The second-order valence-corrected chi connectivity index (χ2v) is 24.7. The molecule has 24 heteroatoms. The van der Waals surface area contributed by atoms with Crippen LogP contribution in [-0.4, -0.2) is 112 Å². The van der Waals surface area contributed by atoms with E-state index in [1.807, 2.05) is 115 Å². The van der Waals surface area contributed by atoms with E-state index in [1.165, 1.54) is 7.11 Å². The van der Waals surface area contributed by atoms with E-state index in [4.69, 9.17) is 39.5 Å². The van der Waals surface area contributed by atoms with Crippen molar-refractivity contribution in [2.24, 2.45) is 0 Å². The number of aryl methyl sites for hydroxylation is 1. The monoisotopic (exact) mass is 1220 g/mol. The third-order valence-electron chi connectivity index (χ3n) is 13.3. The van der Waals surface area contributed by atoms with Crippen LogP contribution in [-0.2, 0) is 40.2 Å². The summed E-state index contributed by atoms with van der Waals surface area (Å²) in [5.74, 6) is 4.10. The van der Waals surface area contributed by atoms with E-state index in [0.717, 1.165) is 74.3 Å². The number of benzene rings is 3. The zero-order valence-corrected chi connectivity index (χ0v) is 52.0. The van der Waals surface area contributed by atoms with E-state index < -0.39 is 5.97 Å². The number of ether oxygens (including phenoxy) is 1. The second-order valence-electron chi connectivity index (χ2n) is 23.4. The molecule has 0 bridgehead atoms. The van der Waals surface area contributed by atoms with Crippen LogP contribution in [0.4, 0.5) is 0 Å². The van der Waals surface area contributed by atoms with Gasteiger partial charge in [0.2, 0.25) is 0 Å². The zero-order chi connectivity index (χ0) is 61.7. The van der Waals surface area contributed by atoms with Gasteiger partial charge in [-0.3, -0.25) is 14.0 Å². The van der Waals surface area contributed by atoms with Gasteiger partial charge in [-0.2, -0.15) is 10.2 Å². The Bertz CT molecular complexity index is 4210. The number of rotatable bonds is 11. The van der Waals surface area contributed by atoms with Crippen molar-refractivity contribution in [2.45, 2.75) is 111 Å². The Hall–Kier alpha value is -8.79. The summed E-state index contributed by atoms with van der Waals surface area (Å²) in [6, 6.07) is 27.3. The van der Waals surface area contributed by atoms with Crippen molar-refractivity contribution in [3.8, 4) is 0 Å². The number of imidazole rings is 3. The van der Waals surface area contributed by atoms with Crippen molar-refractivity contribution in [2.75, 3.05) is 20.2 Å². The minimum absolute atomic E-state index is 0.131. The van der Waals surface area contributed by atoms with E-state index >= 15 is 0 Å². The maximum atomic E-state index is 12.7. The highest BCUT2D eigenvalue weighted by Crippen LogP contribution is 2.25. The Morgan fingerprint density at radius 2 is 0.919 bits per heavy atom. The van der Waals surface area contributed by atoms with Crippen LogP contribution >= 0.6 is 34.8 Å². The quantitative estimate of drug-likeness (QED) is 0.0756. The number of methoxy groups -OCH3 is 1. The third-order valence-corrected chi connectivity index (χ3v) is 14.0. The molecule has 0 spiro atoms. The Morgan fingerprint density at radius 3 is 1.31 bits per heavy atom. The van der Waals surface area contributed by atoms with E-state index in [1.54, 1.807) is 70.0 Å². The summed E-state index contributed by atoms with van der Waals surface area (Å²) in [6.45, 7) is 21.5. The van der Waals surface area contributed by atoms with Gasteiger partial charge >= 0.3 is 5.97 Å². The van der Waals surface area contributed by atoms with Crippen molar-refractivity contribution in [1.29, 1.82) is 0 Å². The van der Waals surface area contributed by atoms with Crippen LogP contribution in [0, 0.1) is 0 Å². The summed E-state index contributed by atoms with van der Waals surface area (Å²) >= 11 is 17.9. The minimum atomic E-state index is -0.400. The van der Waals surface area contributed by atoms with E-state index in [9.17, 15) is 14.4 Å². The molecule has 5 N–H and O–H groups in total. The standard InChI is InChI=1S/2C20H21ClN6O.C12H15N3O2.C10H11ClN2/c2*1-20(2,3)19-25-17-13(5-4-10-27(17)26-19)18(28)22-9-8-16-23-14-7-6-12(21)11-15(14)24-16;1-12(2,3)11-14-13-9-8(10(16)17-4)6-5-7-15(9)11;1-2-3-10-12-8-5-4-7(11)6-9(8)13-10/h2*4-7,10-11H,8-9H2,1-3H3,(H,22,28)(H,23,24);5-7H,1-4H3;4-6H,2-3H2,1H3,(H,12,13). The number of pyridine rings is 3. The lowest BCUT2D eigenvalue weighted by molar-refractivity contribution is 0.0601. The highest BCUT2D eigenvalue weighted by atomic mass is 35.5. The first kappa shape index (κ1) is 61.8. The highest BCUT2D eigenvalue weighted by Gasteiger charge is 2.25. The first-order chi connectivity index (χ1) is 40.9. The molecule has 0 unspecified atom stereocenters. The molecule has 0 aliphatic rings. The van der Waals surface area contributed by atoms with Gasteiger partial charge < -0.3 is 30.3 Å². The van der Waals surface area contributed by atoms with Gasteiger partial charge in [-0.25, -0.2) is 38.7 Å². The molecule has 12 aromatic rings. The number of hydrogen-bond donors (Lipinski definition) is 5. The Labute approximate surface area is 511 Å². The molecule has 9 heterocycles. The van der Waals surface area contributed by atoms with Crippen LogP contribution in [0.15, 0.2) is 110 Å². The molecule has 2 amide bonds. The zero-order valence-electron chi connectivity index (χ0n) is 49.8. The lowest BCUT2D eigenvalue weighted by atomic mass is 9.96. The fourth-order valence-corrected chi connectivity index (χ4v) is 9.49. The number of hydrogen-bond acceptors (Lipinski definition) is 13. The average Bonchev–Trinajstić information content (AvgIpc) is 2.59. The molecule has 21 nitrogen and oxygen atoms in total. The minimum Gasteiger partial charge on any atom is -0.465 e. The van der Waals surface area contributed by atoms with Gasteiger partial charge in [-0.15, -0.1) is 10.2 Å². The molecule has 0 saturated heterocycles. The van der Waals surface area contributed by atoms with Crippen LogP contribution in [0.25, 0.3) is 50.0 Å². The number of H-pyrrole nitrogens is 3. The lowest BCUT2D eigenvalue weighted by Gasteiger charge is -2.15. The molecule has 9 aromatic heterocycles. The number of aromatic nitrogens is 15. The number of fused-ring (bicyclic) bond motifs is 6. The molecule has 0 aliphatic carbocycles. The fraction of sp³-hybridized carbons (Fsp3) is 0.323. The SMILES string of the molecule is CC(C)(C)c1nc2c(C(=O)NCCc3nc4ccc(Cl)cc4[nH]3)cccn2n1.CC(C)(C)c1nc2c(C(=O)NCCc3nc4ccc(Cl)cc4[nH]3)cccn2n1.CCCc1nc2ccc(Cl)cc2[nH]1.COC(=O)c1cccn2c(C(C)(C)C)nnc12. The van der Waals surface area contributed by atoms with Crippen LogP contribution in [0.2, 0.25) is 15.1 Å². The van der Waals surface area contributed by atoms with E-state index in [2.05, 4.69) is 77.8 Å². The number of amides is 2. The van der Waals surface area contributed by atoms with Crippen molar-refractivity contribution < 1.29 is 19.1 Å². The average molecular weight is 1220 g/mol. The van der Waals surface area contributed by atoms with Crippen LogP contribution in [0.5, 0.6) is 0 Å². The lowest BCUT2D eigenvalue weighted by Crippen LogP contribution is -2.26. The number of halogens is 3. The van der Waals surface area contributed by atoms with Gasteiger partial charge in [-0.1, -0.05) is 104 Å². The van der Waals surface area contributed by atoms with Gasteiger partial charge in [-0.05, 0) is 97.4 Å². The van der Waals surface area contributed by atoms with Crippen molar-refractivity contribution in [1.82, 2.24) is 84.3 Å². The van der Waals surface area contributed by atoms with Gasteiger partial charge in [0.15, 0.2) is 28.6 Å². The number of aromatic amines is 3.